The normalized spacial score (nSPS) is 36.7. The van der Waals surface area contributed by atoms with E-state index in [0.717, 1.165) is 51.1 Å². The second kappa shape index (κ2) is 7.79. The number of allylic oxidation sites excluding steroid dienone is 2. The number of hydrogen-bond donors (Lipinski definition) is 0. The van der Waals surface area contributed by atoms with Gasteiger partial charge in [-0.2, -0.15) is 0 Å². The Morgan fingerprint density at radius 3 is 2.63 bits per heavy atom. The van der Waals surface area contributed by atoms with Gasteiger partial charge in [-0.3, -0.25) is 9.69 Å². The predicted octanol–water partition coefficient (Wildman–Crippen LogP) is 3.96. The molecule has 0 radical (unpaired) electrons. The smallest absolute Gasteiger partial charge is 0.225 e. The van der Waals surface area contributed by atoms with E-state index in [0.29, 0.717) is 17.7 Å². The van der Waals surface area contributed by atoms with Crippen molar-refractivity contribution in [2.75, 3.05) is 26.7 Å². The maximum absolute atomic E-state index is 12.3. The summed E-state index contributed by atoms with van der Waals surface area (Å²) in [5.41, 5.74) is 0. The number of hydrogen-bond acceptors (Lipinski definition) is 3. The third kappa shape index (κ3) is 3.93. The highest BCUT2D eigenvalue weighted by molar-refractivity contribution is 6.26. The number of likely N-dealkylation sites (tertiary alicyclic amines) is 1. The molecule has 5 heteroatoms. The van der Waals surface area contributed by atoms with Crippen LogP contribution in [0.25, 0.3) is 0 Å². The molecule has 1 amide bonds. The minimum atomic E-state index is -0.499. The van der Waals surface area contributed by atoms with E-state index in [4.69, 9.17) is 16.3 Å². The first kappa shape index (κ1) is 19.3. The van der Waals surface area contributed by atoms with Crippen molar-refractivity contribution in [2.45, 2.75) is 68.9 Å². The van der Waals surface area contributed by atoms with Crippen molar-refractivity contribution in [3.63, 3.8) is 0 Å². The largest absolute Gasteiger partial charge is 0.493 e. The van der Waals surface area contributed by atoms with Crippen molar-refractivity contribution in [1.82, 2.24) is 9.80 Å². The molecule has 2 atom stereocenters. The monoisotopic (exact) mass is 392 g/mol. The summed E-state index contributed by atoms with van der Waals surface area (Å²) < 4.78 is 6.33. The van der Waals surface area contributed by atoms with Gasteiger partial charge in [0.25, 0.3) is 0 Å². The van der Waals surface area contributed by atoms with Gasteiger partial charge in [-0.15, -0.1) is 11.6 Å². The van der Waals surface area contributed by atoms with Crippen LogP contribution in [0, 0.1) is 11.8 Å². The molecule has 3 fully saturated rings. The van der Waals surface area contributed by atoms with Crippen LogP contribution in [-0.2, 0) is 9.53 Å². The van der Waals surface area contributed by atoms with E-state index in [1.165, 1.54) is 19.3 Å². The van der Waals surface area contributed by atoms with Crippen LogP contribution in [0.5, 0.6) is 0 Å². The van der Waals surface area contributed by atoms with Crippen LogP contribution >= 0.6 is 11.6 Å². The molecule has 0 aromatic carbocycles. The Morgan fingerprint density at radius 2 is 2.00 bits per heavy atom. The Labute approximate surface area is 168 Å². The number of ether oxygens (including phenoxy) is 1. The van der Waals surface area contributed by atoms with E-state index in [-0.39, 0.29) is 12.1 Å². The Balaban J connectivity index is 1.26. The number of rotatable bonds is 6. The van der Waals surface area contributed by atoms with Gasteiger partial charge < -0.3 is 9.64 Å². The fraction of sp³-hybridized carbons (Fsp3) is 0.773. The number of halogens is 1. The van der Waals surface area contributed by atoms with Crippen LogP contribution in [0.3, 0.4) is 0 Å². The summed E-state index contributed by atoms with van der Waals surface area (Å²) in [6.45, 7) is 5.20. The van der Waals surface area contributed by atoms with Gasteiger partial charge in [-0.1, -0.05) is 18.6 Å². The van der Waals surface area contributed by atoms with Gasteiger partial charge in [0, 0.05) is 19.5 Å². The molecule has 150 valence electrons. The highest BCUT2D eigenvalue weighted by Crippen LogP contribution is 2.41. The molecule has 0 aromatic rings. The lowest BCUT2D eigenvalue weighted by Gasteiger charge is -2.44. The fourth-order valence-electron chi connectivity index (χ4n) is 4.92. The van der Waals surface area contributed by atoms with Crippen molar-refractivity contribution in [3.8, 4) is 0 Å². The van der Waals surface area contributed by atoms with Gasteiger partial charge in [0.05, 0.1) is 12.1 Å². The first-order valence-electron chi connectivity index (χ1n) is 10.7. The van der Waals surface area contributed by atoms with E-state index in [1.807, 2.05) is 18.0 Å². The van der Waals surface area contributed by atoms with Gasteiger partial charge in [0.2, 0.25) is 5.91 Å². The average Bonchev–Trinajstić information content (AvgIpc) is 3.06. The minimum Gasteiger partial charge on any atom is -0.493 e. The molecule has 1 saturated heterocycles. The van der Waals surface area contributed by atoms with Crippen LogP contribution < -0.4 is 0 Å². The summed E-state index contributed by atoms with van der Waals surface area (Å²) in [7, 11) is 1.96. The van der Waals surface area contributed by atoms with Gasteiger partial charge in [-0.05, 0) is 70.5 Å². The Bertz CT molecular complexity index is 614. The van der Waals surface area contributed by atoms with E-state index >= 15 is 0 Å². The summed E-state index contributed by atoms with van der Waals surface area (Å²) in [4.78, 5) is 16.2. The molecule has 4 rings (SSSR count). The molecule has 0 bridgehead atoms. The standard InChI is InChI=1S/C22H33ClN2O2/c1-22(23)19(25-11-3-4-12-25)9-6-10-20(22)27-18-13-16(14-18)15-24(2)21(26)17-7-5-8-17/h6,9-10,16-19H,3-5,7-8,11-15H2,1-2H3. The van der Waals surface area contributed by atoms with Gasteiger partial charge in [-0.25, -0.2) is 0 Å². The summed E-state index contributed by atoms with van der Waals surface area (Å²) in [5.74, 6) is 2.10. The van der Waals surface area contributed by atoms with Crippen LogP contribution in [0.2, 0.25) is 0 Å². The Kier molecular flexibility index (Phi) is 5.57. The van der Waals surface area contributed by atoms with Crippen LogP contribution in [0.1, 0.15) is 51.9 Å². The molecule has 4 nitrogen and oxygen atoms in total. The van der Waals surface area contributed by atoms with Crippen LogP contribution in [-0.4, -0.2) is 59.4 Å². The lowest BCUT2D eigenvalue weighted by atomic mass is 9.80. The van der Waals surface area contributed by atoms with Gasteiger partial charge in [0.1, 0.15) is 10.6 Å². The number of carbonyl (C=O) groups is 1. The highest BCUT2D eigenvalue weighted by atomic mass is 35.5. The molecule has 1 heterocycles. The second-order valence-corrected chi connectivity index (χ2v) is 9.89. The topological polar surface area (TPSA) is 32.8 Å². The molecule has 2 saturated carbocycles. The zero-order chi connectivity index (χ0) is 19.0. The Hall–Kier alpha value is -1.00. The van der Waals surface area contributed by atoms with Crippen molar-refractivity contribution >= 4 is 17.5 Å². The zero-order valence-electron chi connectivity index (χ0n) is 16.7. The maximum Gasteiger partial charge on any atom is 0.225 e. The molecular weight excluding hydrogens is 360 g/mol. The average molecular weight is 393 g/mol. The van der Waals surface area contributed by atoms with Crippen molar-refractivity contribution in [2.24, 2.45) is 11.8 Å². The van der Waals surface area contributed by atoms with E-state index < -0.39 is 4.87 Å². The SMILES string of the molecule is CN(CC1CC(OC2=CC=CC(N3CCCC3)C2(C)Cl)C1)C(=O)C1CCC1. The summed E-state index contributed by atoms with van der Waals surface area (Å²) in [5, 5.41) is 0. The molecule has 27 heavy (non-hydrogen) atoms. The molecule has 0 N–H and O–H groups in total. The number of carbonyl (C=O) groups excluding carboxylic acids is 1. The summed E-state index contributed by atoms with van der Waals surface area (Å²) in [6.07, 6.45) is 14.5. The number of amides is 1. The fourth-order valence-corrected chi connectivity index (χ4v) is 5.24. The molecule has 0 aromatic heterocycles. The Morgan fingerprint density at radius 1 is 1.30 bits per heavy atom. The van der Waals surface area contributed by atoms with E-state index in [9.17, 15) is 4.79 Å². The quantitative estimate of drug-likeness (QED) is 0.641. The summed E-state index contributed by atoms with van der Waals surface area (Å²) in [6, 6.07) is 0.212. The first-order chi connectivity index (χ1) is 12.9. The molecule has 3 aliphatic carbocycles. The minimum absolute atomic E-state index is 0.212. The van der Waals surface area contributed by atoms with Crippen molar-refractivity contribution < 1.29 is 9.53 Å². The predicted molar refractivity (Wildman–Crippen MR) is 109 cm³/mol. The zero-order valence-corrected chi connectivity index (χ0v) is 17.5. The third-order valence-electron chi connectivity index (χ3n) is 6.96. The highest BCUT2D eigenvalue weighted by Gasteiger charge is 2.44. The van der Waals surface area contributed by atoms with Crippen molar-refractivity contribution in [1.29, 1.82) is 0 Å². The van der Waals surface area contributed by atoms with E-state index in [2.05, 4.69) is 24.0 Å². The molecule has 2 unspecified atom stereocenters. The molecule has 4 aliphatic rings. The number of alkyl halides is 1. The molecule has 0 spiro atoms. The lowest BCUT2D eigenvalue weighted by Crippen LogP contribution is -2.49. The van der Waals surface area contributed by atoms with Crippen LogP contribution in [0.4, 0.5) is 0 Å². The first-order valence-corrected chi connectivity index (χ1v) is 11.1. The second-order valence-electron chi connectivity index (χ2n) is 9.10. The third-order valence-corrected chi connectivity index (χ3v) is 7.37. The lowest BCUT2D eigenvalue weighted by molar-refractivity contribution is -0.138. The maximum atomic E-state index is 12.3. The van der Waals surface area contributed by atoms with Gasteiger partial charge >= 0.3 is 0 Å². The van der Waals surface area contributed by atoms with E-state index in [1.54, 1.807) is 0 Å². The van der Waals surface area contributed by atoms with Crippen LogP contribution in [0.15, 0.2) is 24.0 Å². The molecule has 1 aliphatic heterocycles. The summed E-state index contributed by atoms with van der Waals surface area (Å²) >= 11 is 6.99. The van der Waals surface area contributed by atoms with Crippen molar-refractivity contribution in [3.05, 3.63) is 24.0 Å². The number of nitrogens with zero attached hydrogens (tertiary/aromatic N) is 2. The van der Waals surface area contributed by atoms with Gasteiger partial charge in [0.15, 0.2) is 0 Å². The molecular formula is C22H33ClN2O2.